The van der Waals surface area contributed by atoms with Gasteiger partial charge in [0.2, 0.25) is 0 Å². The van der Waals surface area contributed by atoms with Crippen LogP contribution in [0.15, 0.2) is 55.2 Å². The molecule has 0 saturated carbocycles. The topological polar surface area (TPSA) is 103 Å². The predicted molar refractivity (Wildman–Crippen MR) is 97.8 cm³/mol. The fourth-order valence-corrected chi connectivity index (χ4v) is 2.83. The number of fused-ring (bicyclic) bond motifs is 1. The highest BCUT2D eigenvalue weighted by molar-refractivity contribution is 6.64. The van der Waals surface area contributed by atoms with Gasteiger partial charge in [0.25, 0.3) is 0 Å². The van der Waals surface area contributed by atoms with E-state index in [0.29, 0.717) is 11.2 Å². The van der Waals surface area contributed by atoms with E-state index < -0.39 is 6.92 Å². The Morgan fingerprint density at radius 3 is 2.80 bits per heavy atom. The maximum atomic E-state index is 9.95. The van der Waals surface area contributed by atoms with E-state index in [1.165, 1.54) is 12.5 Å². The Kier molecular flexibility index (Phi) is 3.66. The van der Waals surface area contributed by atoms with Gasteiger partial charge >= 0.3 is 6.92 Å². The molecule has 0 bridgehead atoms. The molecule has 25 heavy (non-hydrogen) atoms. The number of aromatic nitrogens is 5. The van der Waals surface area contributed by atoms with E-state index in [0.717, 1.165) is 27.7 Å². The number of benzene rings is 2. The van der Waals surface area contributed by atoms with Gasteiger partial charge in [-0.05, 0) is 29.2 Å². The van der Waals surface area contributed by atoms with Gasteiger partial charge < -0.3 is 10.8 Å². The summed E-state index contributed by atoms with van der Waals surface area (Å²) in [4.78, 5) is 4.02. The van der Waals surface area contributed by atoms with Crippen molar-refractivity contribution in [1.29, 1.82) is 0 Å². The van der Waals surface area contributed by atoms with Crippen LogP contribution in [-0.2, 0) is 0 Å². The molecule has 4 aromatic rings. The number of anilines is 1. The van der Waals surface area contributed by atoms with Gasteiger partial charge in [-0.3, -0.25) is 0 Å². The molecule has 0 aliphatic rings. The third kappa shape index (κ3) is 2.72. The summed E-state index contributed by atoms with van der Waals surface area (Å²) in [5.74, 6) is 0. The Bertz CT molecular complexity index is 1050. The molecular formula is C17H15BN6O. The predicted octanol–water partition coefficient (Wildman–Crippen LogP) is 1.28. The summed E-state index contributed by atoms with van der Waals surface area (Å²) in [6, 6.07) is 11.6. The summed E-state index contributed by atoms with van der Waals surface area (Å²) in [6.07, 6.45) is 4.66. The van der Waals surface area contributed by atoms with E-state index in [1.807, 2.05) is 36.4 Å². The smallest absolute Gasteiger partial charge is 0.320 e. The van der Waals surface area contributed by atoms with E-state index in [2.05, 4.69) is 20.3 Å². The van der Waals surface area contributed by atoms with Crippen molar-refractivity contribution in [3.8, 4) is 16.8 Å². The highest BCUT2D eigenvalue weighted by Gasteiger charge is 2.14. The van der Waals surface area contributed by atoms with E-state index in [-0.39, 0.29) is 0 Å². The van der Waals surface area contributed by atoms with Crippen LogP contribution in [-0.4, -0.2) is 36.9 Å². The lowest BCUT2D eigenvalue weighted by atomic mass is 9.64. The standard InChI is InChI=1S/C17H15BN6O/c1-18(25)12-3-5-17(24-10-20-9-22-24)14(7-12)11-2-4-13-15(19)8-21-23-16(13)6-11/h2-10,25H,1H3,(H2,19,23). The summed E-state index contributed by atoms with van der Waals surface area (Å²) in [6.45, 7) is 1.17. The van der Waals surface area contributed by atoms with Gasteiger partial charge in [0.15, 0.2) is 0 Å². The lowest BCUT2D eigenvalue weighted by molar-refractivity contribution is 0.594. The Morgan fingerprint density at radius 2 is 2.04 bits per heavy atom. The van der Waals surface area contributed by atoms with E-state index in [1.54, 1.807) is 17.8 Å². The number of nitrogens with two attached hydrogens (primary N) is 1. The van der Waals surface area contributed by atoms with E-state index in [4.69, 9.17) is 5.73 Å². The van der Waals surface area contributed by atoms with Crippen molar-refractivity contribution in [2.24, 2.45) is 0 Å². The van der Waals surface area contributed by atoms with Crippen molar-refractivity contribution in [3.05, 3.63) is 55.2 Å². The molecule has 8 heteroatoms. The van der Waals surface area contributed by atoms with Gasteiger partial charge in [0.05, 0.1) is 23.1 Å². The zero-order valence-corrected chi connectivity index (χ0v) is 13.5. The molecular weight excluding hydrogens is 315 g/mol. The van der Waals surface area contributed by atoms with Crippen LogP contribution in [0.25, 0.3) is 27.7 Å². The molecule has 0 saturated heterocycles. The first-order valence-electron chi connectivity index (χ1n) is 7.82. The van der Waals surface area contributed by atoms with Gasteiger partial charge in [-0.25, -0.2) is 9.67 Å². The molecule has 0 radical (unpaired) electrons. The van der Waals surface area contributed by atoms with Crippen molar-refractivity contribution in [2.45, 2.75) is 6.82 Å². The van der Waals surface area contributed by atoms with Gasteiger partial charge in [-0.1, -0.05) is 25.0 Å². The minimum atomic E-state index is -0.570. The van der Waals surface area contributed by atoms with Crippen LogP contribution < -0.4 is 11.2 Å². The first-order chi connectivity index (χ1) is 12.1. The molecule has 2 aromatic carbocycles. The Hall–Kier alpha value is -3.26. The van der Waals surface area contributed by atoms with Crippen molar-refractivity contribution < 1.29 is 5.02 Å². The number of rotatable bonds is 3. The second-order valence-corrected chi connectivity index (χ2v) is 5.82. The van der Waals surface area contributed by atoms with Crippen LogP contribution in [0.5, 0.6) is 0 Å². The summed E-state index contributed by atoms with van der Waals surface area (Å²) < 4.78 is 1.69. The minimum Gasteiger partial charge on any atom is -0.447 e. The SMILES string of the molecule is CB(O)c1ccc(-n2cncn2)c(-c2ccc3c(N)cnnc3c2)c1. The van der Waals surface area contributed by atoms with Gasteiger partial charge in [0, 0.05) is 10.9 Å². The third-order valence-corrected chi connectivity index (χ3v) is 4.15. The van der Waals surface area contributed by atoms with E-state index in [9.17, 15) is 5.02 Å². The zero-order chi connectivity index (χ0) is 17.4. The van der Waals surface area contributed by atoms with Crippen LogP contribution in [0.1, 0.15) is 0 Å². The first kappa shape index (κ1) is 15.3. The van der Waals surface area contributed by atoms with Gasteiger partial charge in [-0.15, -0.1) is 0 Å². The Balaban J connectivity index is 1.95. The monoisotopic (exact) mass is 330 g/mol. The van der Waals surface area contributed by atoms with E-state index >= 15 is 0 Å². The first-order valence-corrected chi connectivity index (χ1v) is 7.82. The maximum Gasteiger partial charge on any atom is 0.320 e. The fourth-order valence-electron chi connectivity index (χ4n) is 2.83. The largest absolute Gasteiger partial charge is 0.447 e. The second-order valence-electron chi connectivity index (χ2n) is 5.82. The maximum absolute atomic E-state index is 9.95. The van der Waals surface area contributed by atoms with Crippen LogP contribution in [0.3, 0.4) is 0 Å². The lowest BCUT2D eigenvalue weighted by Crippen LogP contribution is -2.26. The lowest BCUT2D eigenvalue weighted by Gasteiger charge is -2.13. The minimum absolute atomic E-state index is 0.570. The molecule has 122 valence electrons. The molecule has 3 N–H and O–H groups in total. The number of hydrogen-bond acceptors (Lipinski definition) is 6. The number of nitrogens with zero attached hydrogens (tertiary/aromatic N) is 5. The quantitative estimate of drug-likeness (QED) is 0.549. The summed E-state index contributed by atoms with van der Waals surface area (Å²) >= 11 is 0. The van der Waals surface area contributed by atoms with Crippen LogP contribution in [0.4, 0.5) is 5.69 Å². The molecule has 0 aliphatic carbocycles. The fraction of sp³-hybridized carbons (Fsp3) is 0.0588. The van der Waals surface area contributed by atoms with Crippen LogP contribution in [0, 0.1) is 0 Å². The molecule has 2 aromatic heterocycles. The molecule has 0 atom stereocenters. The summed E-state index contributed by atoms with van der Waals surface area (Å²) in [7, 11) is 0. The Morgan fingerprint density at radius 1 is 1.16 bits per heavy atom. The molecule has 0 amide bonds. The molecule has 2 heterocycles. The average molecular weight is 330 g/mol. The average Bonchev–Trinajstić information content (AvgIpc) is 3.15. The third-order valence-electron chi connectivity index (χ3n) is 4.15. The van der Waals surface area contributed by atoms with Crippen molar-refractivity contribution >= 4 is 29.0 Å². The van der Waals surface area contributed by atoms with Crippen LogP contribution >= 0.6 is 0 Å². The van der Waals surface area contributed by atoms with Gasteiger partial charge in [0.1, 0.15) is 12.7 Å². The Labute approximate surface area is 144 Å². The normalized spacial score (nSPS) is 11.0. The van der Waals surface area contributed by atoms with Crippen molar-refractivity contribution in [2.75, 3.05) is 5.73 Å². The molecule has 0 spiro atoms. The highest BCUT2D eigenvalue weighted by atomic mass is 16.2. The van der Waals surface area contributed by atoms with Crippen LogP contribution in [0.2, 0.25) is 6.82 Å². The second kappa shape index (κ2) is 5.99. The number of nitrogen functional groups attached to an aromatic ring is 1. The zero-order valence-electron chi connectivity index (χ0n) is 13.5. The molecule has 4 rings (SSSR count). The molecule has 7 nitrogen and oxygen atoms in total. The van der Waals surface area contributed by atoms with Crippen molar-refractivity contribution in [1.82, 2.24) is 25.0 Å². The number of hydrogen-bond donors (Lipinski definition) is 2. The summed E-state index contributed by atoms with van der Waals surface area (Å²) in [5.41, 5.74) is 10.8. The van der Waals surface area contributed by atoms with Crippen molar-refractivity contribution in [3.63, 3.8) is 0 Å². The molecule has 0 fully saturated rings. The summed E-state index contributed by atoms with van der Waals surface area (Å²) in [5, 5.41) is 23.1. The van der Waals surface area contributed by atoms with Gasteiger partial charge in [-0.2, -0.15) is 15.3 Å². The molecule has 0 aliphatic heterocycles. The molecule has 0 unspecified atom stereocenters. The highest BCUT2D eigenvalue weighted by Crippen LogP contribution is 2.29.